The molecule has 1 aliphatic carbocycles. The van der Waals surface area contributed by atoms with Crippen molar-refractivity contribution in [2.45, 2.75) is 44.0 Å². The van der Waals surface area contributed by atoms with Gasteiger partial charge < -0.3 is 10.1 Å². The lowest BCUT2D eigenvalue weighted by Crippen LogP contribution is -2.33. The predicted octanol–water partition coefficient (Wildman–Crippen LogP) is 4.11. The van der Waals surface area contributed by atoms with Crippen molar-refractivity contribution in [1.29, 1.82) is 0 Å². The van der Waals surface area contributed by atoms with Gasteiger partial charge in [-0.1, -0.05) is 31.0 Å². The highest BCUT2D eigenvalue weighted by Gasteiger charge is 2.26. The molecule has 4 heteroatoms. The number of halogens is 1. The Morgan fingerprint density at radius 2 is 2.26 bits per heavy atom. The third kappa shape index (κ3) is 4.04. The summed E-state index contributed by atoms with van der Waals surface area (Å²) in [5, 5.41) is 5.14. The first-order valence-corrected chi connectivity index (χ1v) is 8.34. The monoisotopic (exact) mass is 299 g/mol. The van der Waals surface area contributed by atoms with Gasteiger partial charge in [0, 0.05) is 17.8 Å². The number of hydrogen-bond donors (Lipinski definition) is 1. The summed E-state index contributed by atoms with van der Waals surface area (Å²) in [7, 11) is 1.64. The average molecular weight is 300 g/mol. The van der Waals surface area contributed by atoms with Crippen molar-refractivity contribution >= 4 is 23.4 Å². The molecule has 0 saturated heterocycles. The van der Waals surface area contributed by atoms with Crippen LogP contribution in [0.4, 0.5) is 0 Å². The van der Waals surface area contributed by atoms with Crippen LogP contribution in [0.1, 0.15) is 31.7 Å². The number of rotatable bonds is 6. The normalized spacial score (nSPS) is 22.7. The lowest BCUT2D eigenvalue weighted by atomic mass is 10.2. The van der Waals surface area contributed by atoms with Gasteiger partial charge in [-0.15, -0.1) is 0 Å². The minimum absolute atomic E-state index is 0.644. The number of thioether (sulfide) groups is 1. The van der Waals surface area contributed by atoms with Gasteiger partial charge in [0.25, 0.3) is 0 Å². The molecule has 1 saturated carbocycles. The van der Waals surface area contributed by atoms with Gasteiger partial charge in [-0.05, 0) is 36.3 Å². The minimum atomic E-state index is 0.644. The molecule has 2 rings (SSSR count). The van der Waals surface area contributed by atoms with E-state index in [1.54, 1.807) is 7.11 Å². The fourth-order valence-corrected chi connectivity index (χ4v) is 4.15. The topological polar surface area (TPSA) is 21.3 Å². The summed E-state index contributed by atoms with van der Waals surface area (Å²) in [6.07, 6.45) is 3.99. The van der Waals surface area contributed by atoms with Crippen LogP contribution in [0.3, 0.4) is 0 Å². The first kappa shape index (κ1) is 15.0. The molecule has 0 radical (unpaired) electrons. The SMILES string of the molecule is CCSC1CCCC1NCc1ccc(OC)c(Cl)c1. The molecule has 19 heavy (non-hydrogen) atoms. The quantitative estimate of drug-likeness (QED) is 0.854. The number of benzene rings is 1. The van der Waals surface area contributed by atoms with Gasteiger partial charge in [0.2, 0.25) is 0 Å². The van der Waals surface area contributed by atoms with Crippen molar-refractivity contribution in [3.05, 3.63) is 28.8 Å². The van der Waals surface area contributed by atoms with Gasteiger partial charge in [0.15, 0.2) is 0 Å². The Morgan fingerprint density at radius 1 is 1.42 bits per heavy atom. The van der Waals surface area contributed by atoms with E-state index in [4.69, 9.17) is 16.3 Å². The van der Waals surface area contributed by atoms with Crippen molar-refractivity contribution in [2.24, 2.45) is 0 Å². The maximum Gasteiger partial charge on any atom is 0.137 e. The second-order valence-corrected chi connectivity index (χ2v) is 6.80. The molecule has 1 fully saturated rings. The second-order valence-electron chi connectivity index (χ2n) is 4.88. The van der Waals surface area contributed by atoms with Crippen LogP contribution < -0.4 is 10.1 Å². The van der Waals surface area contributed by atoms with Gasteiger partial charge in [0.05, 0.1) is 12.1 Å². The number of nitrogens with one attached hydrogen (secondary N) is 1. The van der Waals surface area contributed by atoms with Crippen LogP contribution in [0, 0.1) is 0 Å². The van der Waals surface area contributed by atoms with Crippen molar-refractivity contribution in [3.63, 3.8) is 0 Å². The van der Waals surface area contributed by atoms with E-state index in [-0.39, 0.29) is 0 Å². The number of methoxy groups -OCH3 is 1. The molecule has 2 nitrogen and oxygen atoms in total. The van der Waals surface area contributed by atoms with Crippen LogP contribution in [0.2, 0.25) is 5.02 Å². The van der Waals surface area contributed by atoms with Crippen LogP contribution >= 0.6 is 23.4 Å². The molecule has 1 aromatic carbocycles. The summed E-state index contributed by atoms with van der Waals surface area (Å²) < 4.78 is 5.17. The Labute approximate surface area is 125 Å². The summed E-state index contributed by atoms with van der Waals surface area (Å²) in [5.74, 6) is 1.95. The molecule has 0 aliphatic heterocycles. The van der Waals surface area contributed by atoms with E-state index in [1.165, 1.54) is 30.6 Å². The lowest BCUT2D eigenvalue weighted by molar-refractivity contribution is 0.414. The standard InChI is InChI=1S/C15H22ClNOS/c1-3-19-15-6-4-5-13(15)17-10-11-7-8-14(18-2)12(16)9-11/h7-9,13,15,17H,3-6,10H2,1-2H3. The minimum Gasteiger partial charge on any atom is -0.495 e. The molecule has 0 amide bonds. The Morgan fingerprint density at radius 3 is 2.95 bits per heavy atom. The molecule has 0 bridgehead atoms. The van der Waals surface area contributed by atoms with Crippen molar-refractivity contribution in [2.75, 3.05) is 12.9 Å². The second kappa shape index (κ2) is 7.41. The Kier molecular flexibility index (Phi) is 5.86. The molecule has 2 unspecified atom stereocenters. The molecule has 0 aromatic heterocycles. The van der Waals surface area contributed by atoms with Gasteiger partial charge in [-0.2, -0.15) is 11.8 Å². The molecule has 0 spiro atoms. The fraction of sp³-hybridized carbons (Fsp3) is 0.600. The van der Waals surface area contributed by atoms with Crippen LogP contribution in [0.15, 0.2) is 18.2 Å². The fourth-order valence-electron chi connectivity index (χ4n) is 2.64. The molecule has 106 valence electrons. The van der Waals surface area contributed by atoms with E-state index in [1.807, 2.05) is 12.1 Å². The van der Waals surface area contributed by atoms with Gasteiger partial charge in [0.1, 0.15) is 5.75 Å². The zero-order valence-corrected chi connectivity index (χ0v) is 13.2. The third-order valence-electron chi connectivity index (χ3n) is 3.62. The van der Waals surface area contributed by atoms with E-state index in [9.17, 15) is 0 Å². The largest absolute Gasteiger partial charge is 0.495 e. The van der Waals surface area contributed by atoms with E-state index in [0.717, 1.165) is 17.5 Å². The third-order valence-corrected chi connectivity index (χ3v) is 5.24. The summed E-state index contributed by atoms with van der Waals surface area (Å²) in [6.45, 7) is 3.12. The van der Waals surface area contributed by atoms with Gasteiger partial charge >= 0.3 is 0 Å². The maximum atomic E-state index is 6.15. The van der Waals surface area contributed by atoms with Crippen molar-refractivity contribution in [1.82, 2.24) is 5.32 Å². The Bertz CT molecular complexity index is 413. The highest BCUT2D eigenvalue weighted by atomic mass is 35.5. The Balaban J connectivity index is 1.89. The van der Waals surface area contributed by atoms with E-state index >= 15 is 0 Å². The van der Waals surface area contributed by atoms with Crippen molar-refractivity contribution < 1.29 is 4.74 Å². The molecule has 1 N–H and O–H groups in total. The molecular formula is C15H22ClNOS. The maximum absolute atomic E-state index is 6.15. The Hall–Kier alpha value is -0.380. The van der Waals surface area contributed by atoms with Crippen LogP contribution in [0.5, 0.6) is 5.75 Å². The zero-order chi connectivity index (χ0) is 13.7. The first-order chi connectivity index (χ1) is 9.24. The average Bonchev–Trinajstić information content (AvgIpc) is 2.84. The van der Waals surface area contributed by atoms with Crippen LogP contribution in [-0.4, -0.2) is 24.2 Å². The van der Waals surface area contributed by atoms with E-state index in [2.05, 4.69) is 30.1 Å². The lowest BCUT2D eigenvalue weighted by Gasteiger charge is -2.20. The smallest absolute Gasteiger partial charge is 0.137 e. The van der Waals surface area contributed by atoms with Crippen LogP contribution in [0.25, 0.3) is 0 Å². The summed E-state index contributed by atoms with van der Waals surface area (Å²) in [5.41, 5.74) is 1.22. The molecular weight excluding hydrogens is 278 g/mol. The molecule has 1 aliphatic rings. The van der Waals surface area contributed by atoms with Gasteiger partial charge in [-0.3, -0.25) is 0 Å². The predicted molar refractivity (Wildman–Crippen MR) is 84.4 cm³/mol. The summed E-state index contributed by atoms with van der Waals surface area (Å²) >= 11 is 8.23. The molecule has 2 atom stereocenters. The number of hydrogen-bond acceptors (Lipinski definition) is 3. The molecule has 0 heterocycles. The summed E-state index contributed by atoms with van der Waals surface area (Å²) in [6, 6.07) is 6.65. The zero-order valence-electron chi connectivity index (χ0n) is 11.6. The van der Waals surface area contributed by atoms with Gasteiger partial charge in [-0.25, -0.2) is 0 Å². The van der Waals surface area contributed by atoms with E-state index in [0.29, 0.717) is 11.1 Å². The highest BCUT2D eigenvalue weighted by Crippen LogP contribution is 2.30. The molecule has 1 aromatic rings. The number of ether oxygens (including phenoxy) is 1. The van der Waals surface area contributed by atoms with Crippen LogP contribution in [-0.2, 0) is 6.54 Å². The summed E-state index contributed by atoms with van der Waals surface area (Å²) in [4.78, 5) is 0. The highest BCUT2D eigenvalue weighted by molar-refractivity contribution is 7.99. The first-order valence-electron chi connectivity index (χ1n) is 6.92. The van der Waals surface area contributed by atoms with E-state index < -0.39 is 0 Å². The van der Waals surface area contributed by atoms with Crippen molar-refractivity contribution in [3.8, 4) is 5.75 Å².